The third kappa shape index (κ3) is 4.23. The molecule has 0 radical (unpaired) electrons. The molecule has 140 valence electrons. The molecule has 2 amide bonds. The van der Waals surface area contributed by atoms with E-state index in [4.69, 9.17) is 16.0 Å². The van der Waals surface area contributed by atoms with E-state index < -0.39 is 0 Å². The third-order valence-corrected chi connectivity index (χ3v) is 4.95. The molecule has 0 atom stereocenters. The largest absolute Gasteiger partial charge is 0.439 e. The summed E-state index contributed by atoms with van der Waals surface area (Å²) in [5, 5.41) is 3.59. The average molecular weight is 385 g/mol. The van der Waals surface area contributed by atoms with Gasteiger partial charge in [-0.15, -0.1) is 0 Å². The molecule has 4 rings (SSSR count). The zero-order valence-electron chi connectivity index (χ0n) is 15.1. The van der Waals surface area contributed by atoms with Crippen LogP contribution in [-0.4, -0.2) is 47.0 Å². The van der Waals surface area contributed by atoms with Crippen molar-refractivity contribution in [2.24, 2.45) is 0 Å². The van der Waals surface area contributed by atoms with Crippen LogP contribution < -0.4 is 5.32 Å². The second-order valence-electron chi connectivity index (χ2n) is 6.78. The molecule has 0 spiro atoms. The number of amides is 2. The van der Waals surface area contributed by atoms with Crippen LogP contribution in [0.5, 0.6) is 0 Å². The van der Waals surface area contributed by atoms with Gasteiger partial charge in [0.2, 0.25) is 5.89 Å². The average Bonchev–Trinajstić information content (AvgIpc) is 3.05. The molecule has 6 nitrogen and oxygen atoms in total. The van der Waals surface area contributed by atoms with E-state index in [-0.39, 0.29) is 6.03 Å². The van der Waals surface area contributed by atoms with Crippen LogP contribution in [0.4, 0.5) is 10.5 Å². The number of oxazole rings is 1. The van der Waals surface area contributed by atoms with Gasteiger partial charge in [0.1, 0.15) is 5.52 Å². The summed E-state index contributed by atoms with van der Waals surface area (Å²) in [5.74, 6) is 0.671. The van der Waals surface area contributed by atoms with E-state index in [0.29, 0.717) is 36.1 Å². The molecule has 7 heteroatoms. The Bertz CT molecular complexity index is 946. The van der Waals surface area contributed by atoms with Crippen molar-refractivity contribution in [1.29, 1.82) is 0 Å². The highest BCUT2D eigenvalue weighted by molar-refractivity contribution is 6.31. The number of halogens is 1. The fourth-order valence-electron chi connectivity index (χ4n) is 3.15. The van der Waals surface area contributed by atoms with Crippen LogP contribution in [0.15, 0.2) is 46.9 Å². The van der Waals surface area contributed by atoms with Gasteiger partial charge in [-0.25, -0.2) is 9.78 Å². The summed E-state index contributed by atoms with van der Waals surface area (Å²) >= 11 is 5.99. The van der Waals surface area contributed by atoms with Gasteiger partial charge < -0.3 is 14.6 Å². The molecule has 0 bridgehead atoms. The first-order valence-corrected chi connectivity index (χ1v) is 9.34. The summed E-state index contributed by atoms with van der Waals surface area (Å²) in [7, 11) is 0. The minimum atomic E-state index is -0.0602. The number of nitrogens with one attached hydrogen (secondary N) is 1. The van der Waals surface area contributed by atoms with Crippen LogP contribution >= 0.6 is 11.6 Å². The maximum absolute atomic E-state index is 12.4. The standard InChI is InChI=1S/C20H21ClN4O2/c1-14-2-5-16(6-3-14)22-20(26)25-10-8-24(9-11-25)13-19-23-17-7-4-15(21)12-18(17)27-19/h2-7,12H,8-11,13H2,1H3,(H,22,26). The summed E-state index contributed by atoms with van der Waals surface area (Å²) < 4.78 is 5.78. The Labute approximate surface area is 162 Å². The lowest BCUT2D eigenvalue weighted by Crippen LogP contribution is -2.49. The number of urea groups is 1. The molecule has 2 heterocycles. The Morgan fingerprint density at radius 2 is 1.89 bits per heavy atom. The number of aromatic nitrogens is 1. The first-order chi connectivity index (χ1) is 13.1. The number of rotatable bonds is 3. The monoisotopic (exact) mass is 384 g/mol. The molecule has 0 unspecified atom stereocenters. The molecular weight excluding hydrogens is 364 g/mol. The van der Waals surface area contributed by atoms with Crippen molar-refractivity contribution in [3.8, 4) is 0 Å². The molecule has 0 saturated carbocycles. The highest BCUT2D eigenvalue weighted by atomic mass is 35.5. The summed E-state index contributed by atoms with van der Waals surface area (Å²) in [6.45, 7) is 5.55. The van der Waals surface area contributed by atoms with E-state index >= 15 is 0 Å². The number of carbonyl (C=O) groups is 1. The molecule has 1 fully saturated rings. The Balaban J connectivity index is 1.31. The second kappa shape index (κ2) is 7.58. The van der Waals surface area contributed by atoms with Crippen molar-refractivity contribution < 1.29 is 9.21 Å². The van der Waals surface area contributed by atoms with Crippen LogP contribution in [0.3, 0.4) is 0 Å². The summed E-state index contributed by atoms with van der Waals surface area (Å²) in [4.78, 5) is 21.0. The maximum atomic E-state index is 12.4. The zero-order valence-corrected chi connectivity index (χ0v) is 15.9. The van der Waals surface area contributed by atoms with Crippen molar-refractivity contribution >= 4 is 34.4 Å². The Hall–Kier alpha value is -2.57. The lowest BCUT2D eigenvalue weighted by atomic mass is 10.2. The van der Waals surface area contributed by atoms with Gasteiger partial charge in [-0.2, -0.15) is 0 Å². The van der Waals surface area contributed by atoms with Crippen LogP contribution in [0.25, 0.3) is 11.1 Å². The van der Waals surface area contributed by atoms with Crippen molar-refractivity contribution in [2.45, 2.75) is 13.5 Å². The van der Waals surface area contributed by atoms with E-state index in [1.54, 1.807) is 6.07 Å². The van der Waals surface area contributed by atoms with Crippen LogP contribution in [0.2, 0.25) is 5.02 Å². The van der Waals surface area contributed by atoms with E-state index in [2.05, 4.69) is 15.2 Å². The number of hydrogen-bond donors (Lipinski definition) is 1. The quantitative estimate of drug-likeness (QED) is 0.737. The molecule has 27 heavy (non-hydrogen) atoms. The van der Waals surface area contributed by atoms with Crippen LogP contribution in [-0.2, 0) is 6.54 Å². The number of aryl methyl sites for hydroxylation is 1. The van der Waals surface area contributed by atoms with Crippen LogP contribution in [0, 0.1) is 6.92 Å². The summed E-state index contributed by atoms with van der Waals surface area (Å²) in [6.07, 6.45) is 0. The molecular formula is C20H21ClN4O2. The maximum Gasteiger partial charge on any atom is 0.321 e. The number of benzene rings is 2. The highest BCUT2D eigenvalue weighted by Crippen LogP contribution is 2.21. The molecule has 0 aliphatic carbocycles. The minimum Gasteiger partial charge on any atom is -0.439 e. The lowest BCUT2D eigenvalue weighted by molar-refractivity contribution is 0.136. The summed E-state index contributed by atoms with van der Waals surface area (Å²) in [5.41, 5.74) is 3.50. The Morgan fingerprint density at radius 1 is 1.15 bits per heavy atom. The Kier molecular flexibility index (Phi) is 5.01. The van der Waals surface area contributed by atoms with Gasteiger partial charge >= 0.3 is 6.03 Å². The van der Waals surface area contributed by atoms with Gasteiger partial charge in [0.15, 0.2) is 5.58 Å². The third-order valence-electron chi connectivity index (χ3n) is 4.72. The van der Waals surface area contributed by atoms with Crippen molar-refractivity contribution in [3.05, 3.63) is 58.9 Å². The van der Waals surface area contributed by atoms with E-state index in [9.17, 15) is 4.79 Å². The van der Waals surface area contributed by atoms with Gasteiger partial charge in [0.05, 0.1) is 6.54 Å². The molecule has 1 aliphatic heterocycles. The second-order valence-corrected chi connectivity index (χ2v) is 7.22. The molecule has 3 aromatic rings. The number of anilines is 1. The predicted octanol–water partition coefficient (Wildman–Crippen LogP) is 4.14. The van der Waals surface area contributed by atoms with Crippen LogP contribution in [0.1, 0.15) is 11.5 Å². The topological polar surface area (TPSA) is 61.6 Å². The first-order valence-electron chi connectivity index (χ1n) is 8.97. The summed E-state index contributed by atoms with van der Waals surface area (Å²) in [6, 6.07) is 13.2. The minimum absolute atomic E-state index is 0.0602. The first kappa shape index (κ1) is 17.8. The van der Waals surface area contributed by atoms with E-state index in [1.165, 1.54) is 5.56 Å². The smallest absolute Gasteiger partial charge is 0.321 e. The highest BCUT2D eigenvalue weighted by Gasteiger charge is 2.22. The molecule has 1 N–H and O–H groups in total. The van der Waals surface area contributed by atoms with Gasteiger partial charge in [-0.05, 0) is 31.2 Å². The molecule has 1 aromatic heterocycles. The normalized spacial score (nSPS) is 15.3. The zero-order chi connectivity index (χ0) is 18.8. The molecule has 1 aliphatic rings. The van der Waals surface area contributed by atoms with Crippen molar-refractivity contribution in [3.63, 3.8) is 0 Å². The number of hydrogen-bond acceptors (Lipinski definition) is 4. The number of carbonyl (C=O) groups excluding carboxylic acids is 1. The van der Waals surface area contributed by atoms with Crippen molar-refractivity contribution in [2.75, 3.05) is 31.5 Å². The van der Waals surface area contributed by atoms with Gasteiger partial charge in [-0.1, -0.05) is 29.3 Å². The number of nitrogens with zero attached hydrogens (tertiary/aromatic N) is 3. The van der Waals surface area contributed by atoms with Gasteiger partial charge in [-0.3, -0.25) is 4.90 Å². The lowest BCUT2D eigenvalue weighted by Gasteiger charge is -2.34. The van der Waals surface area contributed by atoms with E-state index in [0.717, 1.165) is 24.3 Å². The predicted molar refractivity (Wildman–Crippen MR) is 106 cm³/mol. The number of piperazine rings is 1. The Morgan fingerprint density at radius 3 is 2.63 bits per heavy atom. The van der Waals surface area contributed by atoms with Crippen molar-refractivity contribution in [1.82, 2.24) is 14.8 Å². The fraction of sp³-hybridized carbons (Fsp3) is 0.300. The molecule has 2 aromatic carbocycles. The van der Waals surface area contributed by atoms with E-state index in [1.807, 2.05) is 48.2 Å². The SMILES string of the molecule is Cc1ccc(NC(=O)N2CCN(Cc3nc4ccc(Cl)cc4o3)CC2)cc1. The number of fused-ring (bicyclic) bond motifs is 1. The van der Waals surface area contributed by atoms with Gasteiger partial charge in [0, 0.05) is 43.0 Å². The van der Waals surface area contributed by atoms with Gasteiger partial charge in [0.25, 0.3) is 0 Å². The fourth-order valence-corrected chi connectivity index (χ4v) is 3.32. The molecule has 1 saturated heterocycles.